The van der Waals surface area contributed by atoms with Gasteiger partial charge < -0.3 is 15.0 Å². The molecule has 2 atom stereocenters. The summed E-state index contributed by atoms with van der Waals surface area (Å²) in [5.41, 5.74) is 1.70. The predicted octanol–water partition coefficient (Wildman–Crippen LogP) is 2.96. The summed E-state index contributed by atoms with van der Waals surface area (Å²) in [5.74, 6) is -0.150. The Labute approximate surface area is 202 Å². The van der Waals surface area contributed by atoms with Crippen LogP contribution in [-0.4, -0.2) is 62.2 Å². The number of aryl methyl sites for hydroxylation is 1. The molecule has 0 aliphatic heterocycles. The van der Waals surface area contributed by atoms with E-state index >= 15 is 0 Å². The first-order chi connectivity index (χ1) is 16.0. The van der Waals surface area contributed by atoms with E-state index in [1.165, 1.54) is 24.1 Å². The Morgan fingerprint density at radius 2 is 1.74 bits per heavy atom. The number of hydrogen-bond acceptors (Lipinski definition) is 5. The molecule has 0 spiro atoms. The summed E-state index contributed by atoms with van der Waals surface area (Å²) in [7, 11) is -0.959. The van der Waals surface area contributed by atoms with E-state index in [-0.39, 0.29) is 23.4 Å². The van der Waals surface area contributed by atoms with Crippen molar-refractivity contribution in [2.75, 3.05) is 20.7 Å². The number of carbonyl (C=O) groups excluding carboxylic acids is 2. The summed E-state index contributed by atoms with van der Waals surface area (Å²) in [6.07, 6.45) is 0.750. The standard InChI is InChI=1S/C25H35N3O5S/c1-7-19(3)26-25(30)20(4)28(16-21-9-8-10-22(15-21)33-6)24(29)17-27(5)34(31,32)23-13-11-18(2)12-14-23/h8-15,19-20H,7,16-17H2,1-6H3,(H,26,30)/t19-,20-/m1/s1. The van der Waals surface area contributed by atoms with Gasteiger partial charge in [-0.1, -0.05) is 36.8 Å². The second-order valence-electron chi connectivity index (χ2n) is 8.44. The highest BCUT2D eigenvalue weighted by Crippen LogP contribution is 2.18. The predicted molar refractivity (Wildman–Crippen MR) is 132 cm³/mol. The van der Waals surface area contributed by atoms with Gasteiger partial charge in [0, 0.05) is 19.6 Å². The number of benzene rings is 2. The molecular formula is C25H35N3O5S. The van der Waals surface area contributed by atoms with E-state index in [2.05, 4.69) is 5.32 Å². The molecule has 0 unspecified atom stereocenters. The number of hydrogen-bond donors (Lipinski definition) is 1. The van der Waals surface area contributed by atoms with E-state index < -0.39 is 28.5 Å². The Morgan fingerprint density at radius 1 is 1.09 bits per heavy atom. The smallest absolute Gasteiger partial charge is 0.243 e. The van der Waals surface area contributed by atoms with Gasteiger partial charge in [0.25, 0.3) is 0 Å². The van der Waals surface area contributed by atoms with Crippen LogP contribution in [0, 0.1) is 6.92 Å². The Kier molecular flexibility index (Phi) is 9.64. The Bertz CT molecular complexity index is 1090. The number of nitrogens with one attached hydrogen (secondary N) is 1. The van der Waals surface area contributed by atoms with Crippen molar-refractivity contribution in [1.29, 1.82) is 0 Å². The van der Waals surface area contributed by atoms with Gasteiger partial charge in [0.05, 0.1) is 18.6 Å². The zero-order valence-corrected chi connectivity index (χ0v) is 21.6. The maximum Gasteiger partial charge on any atom is 0.243 e. The first-order valence-electron chi connectivity index (χ1n) is 11.2. The average molecular weight is 490 g/mol. The number of methoxy groups -OCH3 is 1. The minimum absolute atomic E-state index is 0.0479. The summed E-state index contributed by atoms with van der Waals surface area (Å²) in [4.78, 5) is 27.7. The third-order valence-electron chi connectivity index (χ3n) is 5.74. The molecule has 0 aliphatic carbocycles. The highest BCUT2D eigenvalue weighted by molar-refractivity contribution is 7.89. The average Bonchev–Trinajstić information content (AvgIpc) is 2.82. The first kappa shape index (κ1) is 27.3. The molecule has 186 valence electrons. The fraction of sp³-hybridized carbons (Fsp3) is 0.440. The summed E-state index contributed by atoms with van der Waals surface area (Å²) in [6, 6.07) is 12.8. The monoisotopic (exact) mass is 489 g/mol. The van der Waals surface area contributed by atoms with Crippen LogP contribution in [0.15, 0.2) is 53.4 Å². The summed E-state index contributed by atoms with van der Waals surface area (Å²) in [6.45, 7) is 7.08. The molecule has 34 heavy (non-hydrogen) atoms. The van der Waals surface area contributed by atoms with Crippen molar-refractivity contribution in [2.24, 2.45) is 0 Å². The minimum atomic E-state index is -3.87. The van der Waals surface area contributed by atoms with Gasteiger partial charge in [0.2, 0.25) is 21.8 Å². The van der Waals surface area contributed by atoms with Gasteiger partial charge in [-0.2, -0.15) is 4.31 Å². The van der Waals surface area contributed by atoms with E-state index in [9.17, 15) is 18.0 Å². The number of sulfonamides is 1. The van der Waals surface area contributed by atoms with Crippen molar-refractivity contribution < 1.29 is 22.7 Å². The third-order valence-corrected chi connectivity index (χ3v) is 7.56. The normalized spacial score (nSPS) is 13.3. The lowest BCUT2D eigenvalue weighted by atomic mass is 10.1. The maximum absolute atomic E-state index is 13.4. The third kappa shape index (κ3) is 7.04. The number of rotatable bonds is 11. The van der Waals surface area contributed by atoms with Gasteiger partial charge in [-0.15, -0.1) is 0 Å². The van der Waals surface area contributed by atoms with Crippen LogP contribution < -0.4 is 10.1 Å². The van der Waals surface area contributed by atoms with Gasteiger partial charge in [-0.25, -0.2) is 8.42 Å². The molecule has 8 nitrogen and oxygen atoms in total. The Hall–Kier alpha value is -2.91. The van der Waals surface area contributed by atoms with Crippen LogP contribution in [0.25, 0.3) is 0 Å². The lowest BCUT2D eigenvalue weighted by Gasteiger charge is -2.31. The number of ether oxygens (including phenoxy) is 1. The van der Waals surface area contributed by atoms with Crippen LogP contribution in [0.4, 0.5) is 0 Å². The largest absolute Gasteiger partial charge is 0.497 e. The van der Waals surface area contributed by atoms with Crippen molar-refractivity contribution in [3.05, 3.63) is 59.7 Å². The van der Waals surface area contributed by atoms with E-state index in [0.717, 1.165) is 21.9 Å². The van der Waals surface area contributed by atoms with Crippen molar-refractivity contribution >= 4 is 21.8 Å². The first-order valence-corrected chi connectivity index (χ1v) is 12.7. The van der Waals surface area contributed by atoms with Gasteiger partial charge in [0.1, 0.15) is 11.8 Å². The minimum Gasteiger partial charge on any atom is -0.497 e. The van der Waals surface area contributed by atoms with E-state index in [1.807, 2.05) is 26.8 Å². The molecule has 0 aromatic heterocycles. The SMILES string of the molecule is CC[C@@H](C)NC(=O)[C@@H](C)N(Cc1cccc(OC)c1)C(=O)CN(C)S(=O)(=O)c1ccc(C)cc1. The van der Waals surface area contributed by atoms with Crippen LogP contribution in [0.2, 0.25) is 0 Å². The topological polar surface area (TPSA) is 96.0 Å². The zero-order valence-electron chi connectivity index (χ0n) is 20.7. The molecule has 2 aromatic rings. The van der Waals surface area contributed by atoms with Gasteiger partial charge >= 0.3 is 0 Å². The zero-order chi connectivity index (χ0) is 25.5. The molecule has 0 fully saturated rings. The number of carbonyl (C=O) groups is 2. The Morgan fingerprint density at radius 3 is 2.32 bits per heavy atom. The number of likely N-dealkylation sites (N-methyl/N-ethyl adjacent to an activating group) is 1. The van der Waals surface area contributed by atoms with Crippen LogP contribution in [0.3, 0.4) is 0 Å². The second kappa shape index (κ2) is 12.0. The molecule has 0 aliphatic rings. The molecule has 1 N–H and O–H groups in total. The number of nitrogens with zero attached hydrogens (tertiary/aromatic N) is 2. The molecule has 0 saturated carbocycles. The molecular weight excluding hydrogens is 454 g/mol. The highest BCUT2D eigenvalue weighted by Gasteiger charge is 2.30. The summed E-state index contributed by atoms with van der Waals surface area (Å²) < 4.78 is 32.3. The van der Waals surface area contributed by atoms with Crippen molar-refractivity contribution in [3.8, 4) is 5.75 Å². The van der Waals surface area contributed by atoms with Crippen molar-refractivity contribution in [3.63, 3.8) is 0 Å². The lowest BCUT2D eigenvalue weighted by molar-refractivity contribution is -0.140. The van der Waals surface area contributed by atoms with Gasteiger partial charge in [-0.05, 0) is 57.0 Å². The number of amides is 2. The molecule has 0 saturated heterocycles. The molecule has 0 bridgehead atoms. The fourth-order valence-electron chi connectivity index (χ4n) is 3.27. The maximum atomic E-state index is 13.4. The Balaban J connectivity index is 2.29. The molecule has 0 radical (unpaired) electrons. The molecule has 2 amide bonds. The van der Waals surface area contributed by atoms with E-state index in [4.69, 9.17) is 4.74 Å². The van der Waals surface area contributed by atoms with Gasteiger partial charge in [-0.3, -0.25) is 9.59 Å². The van der Waals surface area contributed by atoms with Gasteiger partial charge in [0.15, 0.2) is 0 Å². The van der Waals surface area contributed by atoms with Crippen LogP contribution in [-0.2, 0) is 26.2 Å². The lowest BCUT2D eigenvalue weighted by Crippen LogP contribution is -2.51. The quantitative estimate of drug-likeness (QED) is 0.524. The summed E-state index contributed by atoms with van der Waals surface area (Å²) >= 11 is 0. The van der Waals surface area contributed by atoms with Crippen LogP contribution in [0.5, 0.6) is 5.75 Å². The second-order valence-corrected chi connectivity index (χ2v) is 10.5. The molecule has 9 heteroatoms. The molecule has 0 heterocycles. The highest BCUT2D eigenvalue weighted by atomic mass is 32.2. The van der Waals surface area contributed by atoms with Crippen molar-refractivity contribution in [1.82, 2.24) is 14.5 Å². The van der Waals surface area contributed by atoms with Crippen LogP contribution in [0.1, 0.15) is 38.3 Å². The molecule has 2 aromatic carbocycles. The fourth-order valence-corrected chi connectivity index (χ4v) is 4.39. The van der Waals surface area contributed by atoms with E-state index in [0.29, 0.717) is 5.75 Å². The van der Waals surface area contributed by atoms with Crippen molar-refractivity contribution in [2.45, 2.75) is 57.6 Å². The summed E-state index contributed by atoms with van der Waals surface area (Å²) in [5, 5.41) is 2.90. The van der Waals surface area contributed by atoms with Crippen LogP contribution >= 0.6 is 0 Å². The van der Waals surface area contributed by atoms with E-state index in [1.54, 1.807) is 44.4 Å². The molecule has 2 rings (SSSR count).